The molecule has 0 aliphatic heterocycles. The van der Waals surface area contributed by atoms with Crippen molar-refractivity contribution in [3.05, 3.63) is 35.7 Å². The molecular weight excluding hydrogens is 242 g/mol. The van der Waals surface area contributed by atoms with Crippen molar-refractivity contribution in [1.82, 2.24) is 4.98 Å². The Morgan fingerprint density at radius 1 is 1.22 bits per heavy atom. The zero-order valence-electron chi connectivity index (χ0n) is 10.8. The first-order valence-corrected chi connectivity index (χ1v) is 6.74. The first-order chi connectivity index (χ1) is 8.54. The quantitative estimate of drug-likeness (QED) is 0.660. The number of hydrogen-bond donors (Lipinski definition) is 1. The summed E-state index contributed by atoms with van der Waals surface area (Å²) in [6, 6.07) is 10.1. The van der Waals surface area contributed by atoms with Crippen LogP contribution in [0, 0.1) is 5.41 Å². The third-order valence-corrected chi connectivity index (χ3v) is 2.93. The molecule has 0 aliphatic rings. The van der Waals surface area contributed by atoms with E-state index in [0.29, 0.717) is 0 Å². The molecule has 0 unspecified atom stereocenters. The molecule has 1 aromatic carbocycles. The fourth-order valence-corrected chi connectivity index (χ4v) is 2.02. The van der Waals surface area contributed by atoms with Crippen LogP contribution < -0.4 is 5.43 Å². The van der Waals surface area contributed by atoms with Crippen LogP contribution in [-0.2, 0) is 0 Å². The van der Waals surface area contributed by atoms with Crippen molar-refractivity contribution in [3.63, 3.8) is 0 Å². The predicted molar refractivity (Wildman–Crippen MR) is 79.1 cm³/mol. The highest BCUT2D eigenvalue weighted by Crippen LogP contribution is 2.24. The number of rotatable bonds is 3. The highest BCUT2D eigenvalue weighted by atomic mass is 32.1. The van der Waals surface area contributed by atoms with Crippen LogP contribution in [0.1, 0.15) is 20.8 Å². The van der Waals surface area contributed by atoms with Gasteiger partial charge in [-0.3, -0.25) is 5.43 Å². The van der Waals surface area contributed by atoms with E-state index >= 15 is 0 Å². The molecule has 0 amide bonds. The molecule has 1 heterocycles. The molecule has 0 fully saturated rings. The Morgan fingerprint density at radius 3 is 2.61 bits per heavy atom. The summed E-state index contributed by atoms with van der Waals surface area (Å²) in [7, 11) is 0. The van der Waals surface area contributed by atoms with E-state index in [1.807, 2.05) is 29.8 Å². The number of aromatic nitrogens is 1. The number of benzene rings is 1. The van der Waals surface area contributed by atoms with Crippen molar-refractivity contribution < 1.29 is 0 Å². The van der Waals surface area contributed by atoms with Gasteiger partial charge in [-0.15, -0.1) is 11.3 Å². The maximum atomic E-state index is 4.49. The number of anilines is 1. The molecule has 4 heteroatoms. The Balaban J connectivity index is 2.06. The van der Waals surface area contributed by atoms with Crippen LogP contribution in [-0.4, -0.2) is 11.2 Å². The van der Waals surface area contributed by atoms with E-state index in [-0.39, 0.29) is 5.41 Å². The van der Waals surface area contributed by atoms with Gasteiger partial charge in [0.1, 0.15) is 0 Å². The van der Waals surface area contributed by atoms with Gasteiger partial charge in [0.15, 0.2) is 0 Å². The maximum absolute atomic E-state index is 4.49. The predicted octanol–water partition coefficient (Wildman–Crippen LogP) is 4.25. The van der Waals surface area contributed by atoms with Gasteiger partial charge in [-0.1, -0.05) is 51.1 Å². The smallest absolute Gasteiger partial charge is 0.203 e. The molecule has 94 valence electrons. The van der Waals surface area contributed by atoms with Crippen LogP contribution in [0.3, 0.4) is 0 Å². The van der Waals surface area contributed by atoms with E-state index in [1.54, 1.807) is 11.3 Å². The van der Waals surface area contributed by atoms with Gasteiger partial charge in [0.05, 0.1) is 5.69 Å². The third kappa shape index (κ3) is 3.67. The average Bonchev–Trinajstić information content (AvgIpc) is 2.77. The van der Waals surface area contributed by atoms with Crippen LogP contribution >= 0.6 is 11.3 Å². The molecule has 1 aromatic heterocycles. The van der Waals surface area contributed by atoms with Gasteiger partial charge in [0.2, 0.25) is 5.13 Å². The summed E-state index contributed by atoms with van der Waals surface area (Å²) in [6.07, 6.45) is 1.89. The van der Waals surface area contributed by atoms with E-state index in [9.17, 15) is 0 Å². The Labute approximate surface area is 112 Å². The lowest BCUT2D eigenvalue weighted by Gasteiger charge is -2.09. The van der Waals surface area contributed by atoms with Crippen LogP contribution in [0.5, 0.6) is 0 Å². The molecule has 3 nitrogen and oxygen atoms in total. The van der Waals surface area contributed by atoms with E-state index < -0.39 is 0 Å². The highest BCUT2D eigenvalue weighted by molar-refractivity contribution is 7.14. The third-order valence-electron chi connectivity index (χ3n) is 2.19. The van der Waals surface area contributed by atoms with E-state index in [4.69, 9.17) is 0 Å². The zero-order chi connectivity index (χ0) is 13.0. The average molecular weight is 259 g/mol. The molecule has 0 atom stereocenters. The second kappa shape index (κ2) is 5.31. The molecule has 0 aliphatic carbocycles. The SMILES string of the molecule is CC(C)(C)/C=N/Nc1nc(-c2ccccc2)cs1. The second-order valence-electron chi connectivity index (χ2n) is 5.14. The Morgan fingerprint density at radius 2 is 1.94 bits per heavy atom. The van der Waals surface area contributed by atoms with Gasteiger partial charge in [0.25, 0.3) is 0 Å². The molecule has 0 spiro atoms. The number of hydrogen-bond acceptors (Lipinski definition) is 4. The minimum absolute atomic E-state index is 0.0759. The van der Waals surface area contributed by atoms with Crippen LogP contribution in [0.15, 0.2) is 40.8 Å². The van der Waals surface area contributed by atoms with Gasteiger partial charge >= 0.3 is 0 Å². The summed E-state index contributed by atoms with van der Waals surface area (Å²) in [5.74, 6) is 0. The molecule has 18 heavy (non-hydrogen) atoms. The Kier molecular flexibility index (Phi) is 3.77. The second-order valence-corrected chi connectivity index (χ2v) is 6.00. The fourth-order valence-electron chi connectivity index (χ4n) is 1.35. The maximum Gasteiger partial charge on any atom is 0.203 e. The van der Waals surface area contributed by atoms with Crippen molar-refractivity contribution >= 4 is 22.7 Å². The molecule has 1 N–H and O–H groups in total. The largest absolute Gasteiger partial charge is 0.253 e. The lowest BCUT2D eigenvalue weighted by molar-refractivity contribution is 0.606. The summed E-state index contributed by atoms with van der Waals surface area (Å²) in [5.41, 5.74) is 5.15. The summed E-state index contributed by atoms with van der Waals surface area (Å²) in [6.45, 7) is 6.32. The van der Waals surface area contributed by atoms with Crippen LogP contribution in [0.2, 0.25) is 0 Å². The number of thiazole rings is 1. The van der Waals surface area contributed by atoms with Gasteiger partial charge in [-0.25, -0.2) is 4.98 Å². The molecule has 2 rings (SSSR count). The summed E-state index contributed by atoms with van der Waals surface area (Å²) in [5, 5.41) is 7.04. The number of nitrogens with one attached hydrogen (secondary N) is 1. The van der Waals surface area contributed by atoms with Crippen LogP contribution in [0.25, 0.3) is 11.3 Å². The Hall–Kier alpha value is -1.68. The van der Waals surface area contributed by atoms with Crippen molar-refractivity contribution in [3.8, 4) is 11.3 Å². The van der Waals surface area contributed by atoms with E-state index in [0.717, 1.165) is 16.4 Å². The molecular formula is C14H17N3S. The number of nitrogens with zero attached hydrogens (tertiary/aromatic N) is 2. The molecule has 0 radical (unpaired) electrons. The first-order valence-electron chi connectivity index (χ1n) is 5.86. The van der Waals surface area contributed by atoms with Gasteiger partial charge < -0.3 is 0 Å². The number of hydrazone groups is 1. The standard InChI is InChI=1S/C14H17N3S/c1-14(2,3)10-15-17-13-16-12(9-18-13)11-7-5-4-6-8-11/h4-10H,1-3H3,(H,16,17)/b15-10+. The zero-order valence-corrected chi connectivity index (χ0v) is 11.7. The van der Waals surface area contributed by atoms with E-state index in [1.165, 1.54) is 0 Å². The van der Waals surface area contributed by atoms with Crippen molar-refractivity contribution in [1.29, 1.82) is 0 Å². The summed E-state index contributed by atoms with van der Waals surface area (Å²) >= 11 is 1.56. The van der Waals surface area contributed by atoms with Gasteiger partial charge in [-0.05, 0) is 5.41 Å². The summed E-state index contributed by atoms with van der Waals surface area (Å²) in [4.78, 5) is 4.49. The van der Waals surface area contributed by atoms with Gasteiger partial charge in [-0.2, -0.15) is 5.10 Å². The molecule has 0 bridgehead atoms. The van der Waals surface area contributed by atoms with Crippen molar-refractivity contribution in [2.45, 2.75) is 20.8 Å². The molecule has 0 saturated carbocycles. The van der Waals surface area contributed by atoms with Crippen LogP contribution in [0.4, 0.5) is 5.13 Å². The van der Waals surface area contributed by atoms with Gasteiger partial charge in [0, 0.05) is 17.2 Å². The normalized spacial score (nSPS) is 11.9. The highest BCUT2D eigenvalue weighted by Gasteiger charge is 2.06. The first kappa shape index (κ1) is 12.8. The topological polar surface area (TPSA) is 37.3 Å². The van der Waals surface area contributed by atoms with Crippen molar-refractivity contribution in [2.75, 3.05) is 5.43 Å². The molecule has 2 aromatic rings. The van der Waals surface area contributed by atoms with E-state index in [2.05, 4.69) is 48.4 Å². The molecule has 0 saturated heterocycles. The minimum Gasteiger partial charge on any atom is -0.253 e. The Bertz CT molecular complexity index is 523. The monoisotopic (exact) mass is 259 g/mol. The lowest BCUT2D eigenvalue weighted by atomic mass is 9.99. The minimum atomic E-state index is 0.0759. The fraction of sp³-hybridized carbons (Fsp3) is 0.286. The lowest BCUT2D eigenvalue weighted by Crippen LogP contribution is -2.07. The summed E-state index contributed by atoms with van der Waals surface area (Å²) < 4.78 is 0. The van der Waals surface area contributed by atoms with Crippen molar-refractivity contribution in [2.24, 2.45) is 10.5 Å².